The Kier molecular flexibility index (Phi) is 7.69. The van der Waals surface area contributed by atoms with Crippen molar-refractivity contribution in [2.75, 3.05) is 24.5 Å². The average molecular weight is 448 g/mol. The number of anilines is 1. The smallest absolute Gasteiger partial charge is 0.333 e. The summed E-state index contributed by atoms with van der Waals surface area (Å²) in [6, 6.07) is 7.84. The molecule has 1 aromatic rings. The second kappa shape index (κ2) is 10.5. The van der Waals surface area contributed by atoms with Crippen LogP contribution < -0.4 is 4.90 Å². The lowest BCUT2D eigenvalue weighted by Gasteiger charge is -2.32. The van der Waals surface area contributed by atoms with Crippen LogP contribution in [0.2, 0.25) is 0 Å². The van der Waals surface area contributed by atoms with Crippen LogP contribution in [0.15, 0.2) is 65.4 Å². The Bertz CT molecular complexity index is 1040. The summed E-state index contributed by atoms with van der Waals surface area (Å²) >= 11 is 0. The SMILES string of the molecule is CCN1C(=O)C(=C/C=C/C[C@H](C)/C(C)=C2\C=Cc3ccccc3N2CC)C(=O)N(CC)C1=O. The van der Waals surface area contributed by atoms with Gasteiger partial charge in [-0.25, -0.2) is 4.79 Å². The van der Waals surface area contributed by atoms with E-state index in [1.165, 1.54) is 28.6 Å². The Labute approximate surface area is 196 Å². The molecule has 0 aliphatic carbocycles. The van der Waals surface area contributed by atoms with E-state index >= 15 is 0 Å². The number of barbiturate groups is 1. The number of rotatable bonds is 7. The number of hydrogen-bond acceptors (Lipinski definition) is 4. The van der Waals surface area contributed by atoms with E-state index < -0.39 is 17.8 Å². The Morgan fingerprint density at radius 3 is 2.12 bits per heavy atom. The number of benzene rings is 1. The number of likely N-dealkylation sites (N-methyl/N-ethyl adjacent to an activating group) is 3. The molecule has 0 saturated carbocycles. The average Bonchev–Trinajstić information content (AvgIpc) is 2.82. The van der Waals surface area contributed by atoms with Crippen LogP contribution in [0, 0.1) is 5.92 Å². The molecule has 0 bridgehead atoms. The molecule has 0 radical (unpaired) electrons. The Hall–Kier alpha value is -3.41. The van der Waals surface area contributed by atoms with Crippen molar-refractivity contribution in [1.82, 2.24) is 9.80 Å². The summed E-state index contributed by atoms with van der Waals surface area (Å²) in [7, 11) is 0. The fourth-order valence-electron chi connectivity index (χ4n) is 4.23. The van der Waals surface area contributed by atoms with E-state index in [2.05, 4.69) is 62.1 Å². The van der Waals surface area contributed by atoms with Gasteiger partial charge in [0.1, 0.15) is 5.57 Å². The van der Waals surface area contributed by atoms with Crippen molar-refractivity contribution >= 4 is 29.6 Å². The van der Waals surface area contributed by atoms with Gasteiger partial charge in [-0.15, -0.1) is 0 Å². The maximum absolute atomic E-state index is 12.6. The molecule has 0 aromatic heterocycles. The number of para-hydroxylation sites is 1. The van der Waals surface area contributed by atoms with Crippen LogP contribution in [0.1, 0.15) is 46.6 Å². The molecule has 0 N–H and O–H groups in total. The highest BCUT2D eigenvalue weighted by molar-refractivity contribution is 6.28. The van der Waals surface area contributed by atoms with E-state index in [9.17, 15) is 14.4 Å². The minimum absolute atomic E-state index is 0.0289. The minimum atomic E-state index is -0.547. The Morgan fingerprint density at radius 2 is 1.52 bits per heavy atom. The van der Waals surface area contributed by atoms with Gasteiger partial charge < -0.3 is 4.90 Å². The monoisotopic (exact) mass is 447 g/mol. The van der Waals surface area contributed by atoms with Crippen LogP contribution in [0.4, 0.5) is 10.5 Å². The van der Waals surface area contributed by atoms with Gasteiger partial charge in [0.25, 0.3) is 11.8 Å². The molecule has 1 saturated heterocycles. The largest absolute Gasteiger partial charge is 0.341 e. The van der Waals surface area contributed by atoms with Gasteiger partial charge in [0.15, 0.2) is 0 Å². The number of imide groups is 2. The normalized spacial score (nSPS) is 18.9. The number of allylic oxidation sites excluding steroid dienone is 5. The van der Waals surface area contributed by atoms with Crippen LogP contribution in [-0.4, -0.2) is 47.3 Å². The highest BCUT2D eigenvalue weighted by Crippen LogP contribution is 2.34. The van der Waals surface area contributed by atoms with Crippen LogP contribution in [-0.2, 0) is 9.59 Å². The summed E-state index contributed by atoms with van der Waals surface area (Å²) in [5.41, 5.74) is 4.96. The van der Waals surface area contributed by atoms with Gasteiger partial charge in [-0.2, -0.15) is 0 Å². The maximum atomic E-state index is 12.6. The van der Waals surface area contributed by atoms with Gasteiger partial charge in [-0.1, -0.05) is 43.4 Å². The summed E-state index contributed by atoms with van der Waals surface area (Å²) in [6.45, 7) is 11.3. The number of urea groups is 1. The second-order valence-electron chi connectivity index (χ2n) is 8.23. The minimum Gasteiger partial charge on any atom is -0.341 e. The van der Waals surface area contributed by atoms with E-state index in [1.54, 1.807) is 19.9 Å². The lowest BCUT2D eigenvalue weighted by atomic mass is 9.94. The van der Waals surface area contributed by atoms with Crippen molar-refractivity contribution in [2.45, 2.75) is 41.0 Å². The molecule has 1 aromatic carbocycles. The molecule has 6 heteroatoms. The molecular formula is C27H33N3O3. The molecule has 4 amide bonds. The van der Waals surface area contributed by atoms with Crippen molar-refractivity contribution in [3.8, 4) is 0 Å². The zero-order valence-electron chi connectivity index (χ0n) is 20.2. The molecule has 2 aliphatic rings. The second-order valence-corrected chi connectivity index (χ2v) is 8.23. The van der Waals surface area contributed by atoms with Crippen LogP contribution in [0.3, 0.4) is 0 Å². The summed E-state index contributed by atoms with van der Waals surface area (Å²) in [6.07, 6.45) is 10.4. The van der Waals surface area contributed by atoms with Gasteiger partial charge in [0, 0.05) is 31.0 Å². The number of carbonyl (C=O) groups is 3. The van der Waals surface area contributed by atoms with Gasteiger partial charge in [0.2, 0.25) is 0 Å². The van der Waals surface area contributed by atoms with E-state index in [0.717, 1.165) is 22.8 Å². The topological polar surface area (TPSA) is 60.9 Å². The first-order valence-corrected chi connectivity index (χ1v) is 11.6. The van der Waals surface area contributed by atoms with Gasteiger partial charge in [-0.3, -0.25) is 19.4 Å². The molecule has 6 nitrogen and oxygen atoms in total. The summed E-state index contributed by atoms with van der Waals surface area (Å²) < 4.78 is 0. The summed E-state index contributed by atoms with van der Waals surface area (Å²) in [5, 5.41) is 0. The predicted octanol–water partition coefficient (Wildman–Crippen LogP) is 5.15. The molecule has 1 atom stereocenters. The fraction of sp³-hybridized carbons (Fsp3) is 0.370. The third-order valence-electron chi connectivity index (χ3n) is 6.33. The van der Waals surface area contributed by atoms with E-state index in [4.69, 9.17) is 0 Å². The molecule has 33 heavy (non-hydrogen) atoms. The van der Waals surface area contributed by atoms with Gasteiger partial charge >= 0.3 is 6.03 Å². The first kappa shape index (κ1) is 24.2. The molecule has 1 fully saturated rings. The Balaban J connectivity index is 1.76. The number of nitrogens with zero attached hydrogens (tertiary/aromatic N) is 3. The molecule has 174 valence electrons. The van der Waals surface area contributed by atoms with Gasteiger partial charge in [-0.05, 0) is 69.4 Å². The van der Waals surface area contributed by atoms with E-state index in [0.29, 0.717) is 0 Å². The zero-order chi connectivity index (χ0) is 24.1. The Morgan fingerprint density at radius 1 is 0.909 bits per heavy atom. The highest BCUT2D eigenvalue weighted by atomic mass is 16.2. The van der Waals surface area contributed by atoms with Crippen LogP contribution in [0.25, 0.3) is 6.08 Å². The third kappa shape index (κ3) is 4.70. The van der Waals surface area contributed by atoms with E-state index in [1.807, 2.05) is 6.08 Å². The van der Waals surface area contributed by atoms with Gasteiger partial charge in [0.05, 0.1) is 0 Å². The number of hydrogen-bond donors (Lipinski definition) is 0. The lowest BCUT2D eigenvalue weighted by molar-refractivity contribution is -0.135. The van der Waals surface area contributed by atoms with Crippen LogP contribution in [0.5, 0.6) is 0 Å². The molecule has 3 rings (SSSR count). The number of amides is 4. The number of carbonyl (C=O) groups excluding carboxylic acids is 3. The quantitative estimate of drug-likeness (QED) is 0.428. The fourth-order valence-corrected chi connectivity index (χ4v) is 4.23. The van der Waals surface area contributed by atoms with Crippen molar-refractivity contribution in [1.29, 1.82) is 0 Å². The predicted molar refractivity (Wildman–Crippen MR) is 132 cm³/mol. The van der Waals surface area contributed by atoms with E-state index in [-0.39, 0.29) is 24.6 Å². The van der Waals surface area contributed by atoms with Crippen molar-refractivity contribution in [3.05, 3.63) is 71.0 Å². The van der Waals surface area contributed by atoms with Crippen LogP contribution >= 0.6 is 0 Å². The van der Waals surface area contributed by atoms with Crippen molar-refractivity contribution in [3.63, 3.8) is 0 Å². The third-order valence-corrected chi connectivity index (χ3v) is 6.33. The first-order valence-electron chi connectivity index (χ1n) is 11.6. The molecule has 2 heterocycles. The molecule has 0 unspecified atom stereocenters. The highest BCUT2D eigenvalue weighted by Gasteiger charge is 2.40. The molecular weight excluding hydrogens is 414 g/mol. The number of fused-ring (bicyclic) bond motifs is 1. The summed E-state index contributed by atoms with van der Waals surface area (Å²) in [4.78, 5) is 42.0. The molecule has 0 spiro atoms. The zero-order valence-corrected chi connectivity index (χ0v) is 20.2. The maximum Gasteiger partial charge on any atom is 0.333 e. The first-order chi connectivity index (χ1) is 15.8. The summed E-state index contributed by atoms with van der Waals surface area (Å²) in [5.74, 6) is -0.784. The van der Waals surface area contributed by atoms with Crippen molar-refractivity contribution in [2.24, 2.45) is 5.92 Å². The standard InChI is InChI=1S/C27H33N3O3/c1-6-28-23(18-17-21-14-10-12-16-24(21)28)20(5)19(4)13-9-11-15-22-25(31)29(7-2)27(33)30(8-3)26(22)32/h9-12,14-19H,6-8,13H2,1-5H3/b11-9+,23-20+/t19-/m0/s1. The molecule has 2 aliphatic heterocycles. The lowest BCUT2D eigenvalue weighted by Crippen LogP contribution is -2.56. The van der Waals surface area contributed by atoms with Crippen molar-refractivity contribution < 1.29 is 14.4 Å².